The van der Waals surface area contributed by atoms with Crippen LogP contribution >= 0.6 is 0 Å². The minimum Gasteiger partial charge on any atom is -0.444 e. The minimum absolute atomic E-state index is 0.253. The van der Waals surface area contributed by atoms with E-state index in [1.54, 1.807) is 49.9 Å². The molecule has 1 aromatic heterocycles. The molecule has 170 valence electrons. The van der Waals surface area contributed by atoms with E-state index in [1.807, 2.05) is 0 Å². The Kier molecular flexibility index (Phi) is 5.10. The molecule has 1 spiro atoms. The maximum Gasteiger partial charge on any atom is 0.420 e. The minimum atomic E-state index is -1.13. The Morgan fingerprint density at radius 2 is 1.94 bits per heavy atom. The van der Waals surface area contributed by atoms with Gasteiger partial charge in [0.25, 0.3) is 5.91 Å². The van der Waals surface area contributed by atoms with Crippen LogP contribution in [0.2, 0.25) is 0 Å². The molecular weight excluding hydrogens is 416 g/mol. The van der Waals surface area contributed by atoms with Crippen LogP contribution in [0.1, 0.15) is 33.6 Å². The third-order valence-corrected chi connectivity index (χ3v) is 5.74. The first-order chi connectivity index (χ1) is 15.1. The van der Waals surface area contributed by atoms with Crippen LogP contribution in [0.15, 0.2) is 40.1 Å². The van der Waals surface area contributed by atoms with Gasteiger partial charge in [0.2, 0.25) is 0 Å². The number of nitrogens with one attached hydrogen (secondary N) is 1. The number of carbonyl (C=O) groups excluding carboxylic acids is 3. The predicted octanol–water partition coefficient (Wildman–Crippen LogP) is 2.61. The van der Waals surface area contributed by atoms with Gasteiger partial charge in [0, 0.05) is 25.7 Å². The van der Waals surface area contributed by atoms with Crippen molar-refractivity contribution in [1.82, 2.24) is 14.8 Å². The van der Waals surface area contributed by atoms with E-state index in [0.29, 0.717) is 16.8 Å². The molecule has 2 aromatic rings. The summed E-state index contributed by atoms with van der Waals surface area (Å²) < 4.78 is 12.2. The quantitative estimate of drug-likeness (QED) is 0.577. The normalized spacial score (nSPS) is 18.3. The highest BCUT2D eigenvalue weighted by Crippen LogP contribution is 2.38. The highest BCUT2D eigenvalue weighted by molar-refractivity contribution is 6.17. The summed E-state index contributed by atoms with van der Waals surface area (Å²) in [5.74, 6) is -0.934. The Bertz CT molecular complexity index is 1160. The summed E-state index contributed by atoms with van der Waals surface area (Å²) in [6.07, 6.45) is 1.65. The predicted molar refractivity (Wildman–Crippen MR) is 116 cm³/mol. The SMILES string of the molecule is C=CCn1c(=O)oc2cc(N3C(=O)NC(=O)C34CCN(C(=O)OC(C)(C)C)CC4)ccc21. The van der Waals surface area contributed by atoms with Crippen molar-refractivity contribution in [3.63, 3.8) is 0 Å². The Morgan fingerprint density at radius 1 is 1.25 bits per heavy atom. The van der Waals surface area contributed by atoms with E-state index in [1.165, 1.54) is 9.47 Å². The van der Waals surface area contributed by atoms with Crippen LogP contribution in [0, 0.1) is 0 Å². The molecule has 0 aliphatic carbocycles. The number of rotatable bonds is 3. The molecule has 0 saturated carbocycles. The van der Waals surface area contributed by atoms with Crippen molar-refractivity contribution in [3.05, 3.63) is 41.4 Å². The summed E-state index contributed by atoms with van der Waals surface area (Å²) >= 11 is 0. The van der Waals surface area contributed by atoms with Gasteiger partial charge in [-0.1, -0.05) is 6.08 Å². The van der Waals surface area contributed by atoms with Gasteiger partial charge in [0.1, 0.15) is 11.1 Å². The van der Waals surface area contributed by atoms with Crippen molar-refractivity contribution in [2.45, 2.75) is 51.3 Å². The number of oxazole rings is 1. The summed E-state index contributed by atoms with van der Waals surface area (Å²) in [5, 5.41) is 2.40. The van der Waals surface area contributed by atoms with Crippen LogP contribution in [0.4, 0.5) is 15.3 Å². The molecule has 1 aromatic carbocycles. The monoisotopic (exact) mass is 442 g/mol. The molecule has 10 nitrogen and oxygen atoms in total. The van der Waals surface area contributed by atoms with Crippen molar-refractivity contribution in [2.75, 3.05) is 18.0 Å². The van der Waals surface area contributed by atoms with E-state index in [2.05, 4.69) is 11.9 Å². The summed E-state index contributed by atoms with van der Waals surface area (Å²) in [4.78, 5) is 53.1. The lowest BCUT2D eigenvalue weighted by Gasteiger charge is -2.42. The molecular formula is C22H26N4O6. The fraction of sp³-hybridized carbons (Fsp3) is 0.455. The van der Waals surface area contributed by atoms with Gasteiger partial charge < -0.3 is 14.1 Å². The van der Waals surface area contributed by atoms with Crippen molar-refractivity contribution in [3.8, 4) is 0 Å². The molecule has 2 fully saturated rings. The second kappa shape index (κ2) is 7.54. The van der Waals surface area contributed by atoms with Crippen molar-refractivity contribution < 1.29 is 23.5 Å². The number of nitrogens with zero attached hydrogens (tertiary/aromatic N) is 3. The first-order valence-corrected chi connectivity index (χ1v) is 10.4. The molecule has 10 heteroatoms. The molecule has 0 bridgehead atoms. The van der Waals surface area contributed by atoms with Gasteiger partial charge in [0.15, 0.2) is 5.58 Å². The number of likely N-dealkylation sites (tertiary alicyclic amines) is 1. The smallest absolute Gasteiger partial charge is 0.420 e. The molecule has 0 unspecified atom stereocenters. The first-order valence-electron chi connectivity index (χ1n) is 10.4. The fourth-order valence-corrected chi connectivity index (χ4v) is 4.26. The number of carbonyl (C=O) groups is 3. The first kappa shape index (κ1) is 21.7. The fourth-order valence-electron chi connectivity index (χ4n) is 4.26. The van der Waals surface area contributed by atoms with Gasteiger partial charge in [-0.2, -0.15) is 0 Å². The van der Waals surface area contributed by atoms with Crippen molar-refractivity contribution >= 4 is 34.8 Å². The number of fused-ring (bicyclic) bond motifs is 1. The molecule has 0 atom stereocenters. The molecule has 1 N–H and O–H groups in total. The Labute approximate surface area is 184 Å². The number of hydrogen-bond donors (Lipinski definition) is 1. The second-order valence-electron chi connectivity index (χ2n) is 9.01. The van der Waals surface area contributed by atoms with Crippen LogP contribution in [0.25, 0.3) is 11.1 Å². The van der Waals surface area contributed by atoms with Gasteiger partial charge in [-0.15, -0.1) is 6.58 Å². The number of anilines is 1. The van der Waals surface area contributed by atoms with E-state index in [0.717, 1.165) is 0 Å². The number of hydrogen-bond acceptors (Lipinski definition) is 6. The molecule has 2 aliphatic rings. The molecule has 4 rings (SSSR count). The molecule has 0 radical (unpaired) electrons. The average molecular weight is 442 g/mol. The second-order valence-corrected chi connectivity index (χ2v) is 9.01. The molecule has 2 aliphatic heterocycles. The lowest BCUT2D eigenvalue weighted by Crippen LogP contribution is -2.58. The van der Waals surface area contributed by atoms with Gasteiger partial charge >= 0.3 is 17.9 Å². The van der Waals surface area contributed by atoms with Gasteiger partial charge in [-0.3, -0.25) is 19.6 Å². The number of allylic oxidation sites excluding steroid dienone is 1. The van der Waals surface area contributed by atoms with E-state index >= 15 is 0 Å². The lowest BCUT2D eigenvalue weighted by molar-refractivity contribution is -0.124. The highest BCUT2D eigenvalue weighted by Gasteiger charge is 2.55. The van der Waals surface area contributed by atoms with Crippen molar-refractivity contribution in [1.29, 1.82) is 0 Å². The summed E-state index contributed by atoms with van der Waals surface area (Å²) in [7, 11) is 0. The van der Waals surface area contributed by atoms with Crippen LogP contribution in [0.5, 0.6) is 0 Å². The maximum atomic E-state index is 12.9. The van der Waals surface area contributed by atoms with Gasteiger partial charge in [-0.05, 0) is 45.7 Å². The number of imide groups is 1. The van der Waals surface area contributed by atoms with Crippen LogP contribution < -0.4 is 16.0 Å². The number of amides is 4. The molecule has 32 heavy (non-hydrogen) atoms. The van der Waals surface area contributed by atoms with Crippen LogP contribution in [0.3, 0.4) is 0 Å². The average Bonchev–Trinajstić information content (AvgIpc) is 3.14. The zero-order chi connectivity index (χ0) is 23.3. The van der Waals surface area contributed by atoms with E-state index in [9.17, 15) is 19.2 Å². The van der Waals surface area contributed by atoms with Crippen LogP contribution in [-0.2, 0) is 16.1 Å². The van der Waals surface area contributed by atoms with E-state index < -0.39 is 34.9 Å². The lowest BCUT2D eigenvalue weighted by atomic mass is 9.85. The maximum absolute atomic E-state index is 12.9. The van der Waals surface area contributed by atoms with Crippen LogP contribution in [-0.4, -0.2) is 51.7 Å². The Balaban J connectivity index is 1.63. The van der Waals surface area contributed by atoms with Gasteiger partial charge in [0.05, 0.1) is 11.2 Å². The molecule has 2 saturated heterocycles. The molecule has 4 amide bonds. The van der Waals surface area contributed by atoms with E-state index in [4.69, 9.17) is 9.15 Å². The Morgan fingerprint density at radius 3 is 2.56 bits per heavy atom. The summed E-state index contributed by atoms with van der Waals surface area (Å²) in [6.45, 7) is 9.83. The zero-order valence-corrected chi connectivity index (χ0v) is 18.3. The third kappa shape index (κ3) is 3.55. The summed E-state index contributed by atoms with van der Waals surface area (Å²) in [5.41, 5.74) is -0.444. The highest BCUT2D eigenvalue weighted by atomic mass is 16.6. The van der Waals surface area contributed by atoms with E-state index in [-0.39, 0.29) is 32.5 Å². The number of piperidine rings is 1. The number of aromatic nitrogens is 1. The number of urea groups is 1. The Hall–Kier alpha value is -3.56. The standard InChI is InChI=1S/C22H26N4O6/c1-5-10-25-15-7-6-14(13-16(15)31-20(25)30)26-18(28)23-17(27)22(26)8-11-24(12-9-22)19(29)32-21(2,3)4/h5-7,13H,1,8-12H2,2-4H3,(H,23,27,28). The van der Waals surface area contributed by atoms with Gasteiger partial charge in [-0.25, -0.2) is 14.4 Å². The largest absolute Gasteiger partial charge is 0.444 e. The zero-order valence-electron chi connectivity index (χ0n) is 18.3. The molecule has 3 heterocycles. The van der Waals surface area contributed by atoms with Crippen molar-refractivity contribution in [2.24, 2.45) is 0 Å². The third-order valence-electron chi connectivity index (χ3n) is 5.74. The number of benzene rings is 1. The summed E-state index contributed by atoms with van der Waals surface area (Å²) in [6, 6.07) is 4.39. The topological polar surface area (TPSA) is 114 Å². The number of ether oxygens (including phenoxy) is 1.